The lowest BCUT2D eigenvalue weighted by atomic mass is 10.0. The summed E-state index contributed by atoms with van der Waals surface area (Å²) in [5.74, 6) is 1.04. The number of carbonyl (C=O) groups excluding carboxylic acids is 1. The SMILES string of the molecule is O=C(c1ccco1)N1CCOc2ccc(-c3ccc4nc[nH]c4c3)cc2C1. The number of nitrogens with zero attached hydrogens (tertiary/aromatic N) is 2. The molecule has 6 nitrogen and oxygen atoms in total. The van der Waals surface area contributed by atoms with Crippen molar-refractivity contribution in [2.24, 2.45) is 0 Å². The van der Waals surface area contributed by atoms with E-state index < -0.39 is 0 Å². The molecule has 27 heavy (non-hydrogen) atoms. The van der Waals surface area contributed by atoms with Crippen LogP contribution in [-0.2, 0) is 6.54 Å². The molecule has 6 heteroatoms. The van der Waals surface area contributed by atoms with E-state index in [-0.39, 0.29) is 5.91 Å². The zero-order chi connectivity index (χ0) is 18.2. The normalized spacial score (nSPS) is 13.9. The topological polar surface area (TPSA) is 71.4 Å². The molecule has 0 spiro atoms. The molecule has 0 saturated heterocycles. The molecule has 0 atom stereocenters. The zero-order valence-corrected chi connectivity index (χ0v) is 14.5. The van der Waals surface area contributed by atoms with Gasteiger partial charge in [-0.2, -0.15) is 0 Å². The number of ether oxygens (including phenoxy) is 1. The standard InChI is InChI=1S/C21H17N3O3/c25-21(20-2-1-8-26-20)24-7-9-27-19-6-4-14(10-16(19)12-24)15-3-5-17-18(11-15)23-13-22-17/h1-6,8,10-11,13H,7,9,12H2,(H,22,23). The van der Waals surface area contributed by atoms with Crippen LogP contribution in [0.1, 0.15) is 16.1 Å². The van der Waals surface area contributed by atoms with Crippen LogP contribution in [0.25, 0.3) is 22.2 Å². The molecule has 3 heterocycles. The summed E-state index contributed by atoms with van der Waals surface area (Å²) < 4.78 is 11.1. The molecule has 0 saturated carbocycles. The predicted octanol–water partition coefficient (Wildman–Crippen LogP) is 3.86. The summed E-state index contributed by atoms with van der Waals surface area (Å²) in [5.41, 5.74) is 5.07. The first-order chi connectivity index (χ1) is 13.3. The predicted molar refractivity (Wildman–Crippen MR) is 100 cm³/mol. The molecule has 1 aliphatic heterocycles. The van der Waals surface area contributed by atoms with E-state index in [0.29, 0.717) is 25.5 Å². The Bertz CT molecular complexity index is 1110. The summed E-state index contributed by atoms with van der Waals surface area (Å²) in [6.45, 7) is 1.46. The van der Waals surface area contributed by atoms with Crippen molar-refractivity contribution in [2.45, 2.75) is 6.54 Å². The number of furan rings is 1. The average molecular weight is 359 g/mol. The summed E-state index contributed by atoms with van der Waals surface area (Å²) in [4.78, 5) is 21.8. The molecule has 0 unspecified atom stereocenters. The number of hydrogen-bond acceptors (Lipinski definition) is 4. The van der Waals surface area contributed by atoms with Crippen molar-refractivity contribution in [1.82, 2.24) is 14.9 Å². The Labute approximate surface area is 155 Å². The Balaban J connectivity index is 1.49. The number of carbonyl (C=O) groups is 1. The van der Waals surface area contributed by atoms with Crippen LogP contribution >= 0.6 is 0 Å². The van der Waals surface area contributed by atoms with Gasteiger partial charge in [0, 0.05) is 12.1 Å². The second-order valence-corrected chi connectivity index (χ2v) is 6.51. The molecule has 0 aliphatic carbocycles. The van der Waals surface area contributed by atoms with Crippen molar-refractivity contribution in [2.75, 3.05) is 13.2 Å². The first-order valence-electron chi connectivity index (χ1n) is 8.80. The van der Waals surface area contributed by atoms with E-state index >= 15 is 0 Å². The molecule has 1 amide bonds. The van der Waals surface area contributed by atoms with E-state index in [1.54, 1.807) is 23.4 Å². The van der Waals surface area contributed by atoms with Gasteiger partial charge in [0.2, 0.25) is 0 Å². The van der Waals surface area contributed by atoms with Gasteiger partial charge in [-0.25, -0.2) is 4.98 Å². The van der Waals surface area contributed by atoms with Crippen molar-refractivity contribution in [3.05, 3.63) is 72.4 Å². The Morgan fingerprint density at radius 3 is 2.89 bits per heavy atom. The van der Waals surface area contributed by atoms with Gasteiger partial charge >= 0.3 is 0 Å². The molecule has 0 bridgehead atoms. The smallest absolute Gasteiger partial charge is 0.289 e. The van der Waals surface area contributed by atoms with Crippen LogP contribution in [0.15, 0.2) is 65.5 Å². The third kappa shape index (κ3) is 2.85. The minimum Gasteiger partial charge on any atom is -0.491 e. The fourth-order valence-corrected chi connectivity index (χ4v) is 3.42. The quantitative estimate of drug-likeness (QED) is 0.590. The molecule has 1 N–H and O–H groups in total. The molecule has 2 aromatic carbocycles. The van der Waals surface area contributed by atoms with Gasteiger partial charge in [-0.3, -0.25) is 4.79 Å². The molecule has 0 fully saturated rings. The summed E-state index contributed by atoms with van der Waals surface area (Å²) in [5, 5.41) is 0. The van der Waals surface area contributed by atoms with Gasteiger partial charge in [0.15, 0.2) is 5.76 Å². The number of hydrogen-bond donors (Lipinski definition) is 1. The Morgan fingerprint density at radius 1 is 1.11 bits per heavy atom. The Hall–Kier alpha value is -3.54. The van der Waals surface area contributed by atoms with Gasteiger partial charge in [0.1, 0.15) is 12.4 Å². The number of H-pyrrole nitrogens is 1. The summed E-state index contributed by atoms with van der Waals surface area (Å²) in [6, 6.07) is 15.6. The van der Waals surface area contributed by atoms with Crippen molar-refractivity contribution in [3.63, 3.8) is 0 Å². The molecular formula is C21H17N3O3. The van der Waals surface area contributed by atoms with Crippen LogP contribution in [0.4, 0.5) is 0 Å². The lowest BCUT2D eigenvalue weighted by molar-refractivity contribution is 0.0701. The number of benzene rings is 2. The number of imidazole rings is 1. The van der Waals surface area contributed by atoms with Gasteiger partial charge in [0.05, 0.1) is 30.2 Å². The Morgan fingerprint density at radius 2 is 2.00 bits per heavy atom. The molecule has 4 aromatic rings. The number of fused-ring (bicyclic) bond motifs is 2. The van der Waals surface area contributed by atoms with Gasteiger partial charge < -0.3 is 19.0 Å². The maximum atomic E-state index is 12.7. The van der Waals surface area contributed by atoms with Gasteiger partial charge in [-0.15, -0.1) is 0 Å². The molecular weight excluding hydrogens is 342 g/mol. The minimum absolute atomic E-state index is 0.124. The van der Waals surface area contributed by atoms with E-state index in [9.17, 15) is 4.79 Å². The third-order valence-electron chi connectivity index (χ3n) is 4.81. The molecule has 2 aromatic heterocycles. The van der Waals surface area contributed by atoms with Crippen molar-refractivity contribution >= 4 is 16.9 Å². The minimum atomic E-state index is -0.124. The Kier molecular flexibility index (Phi) is 3.67. The van der Waals surface area contributed by atoms with Gasteiger partial charge in [-0.05, 0) is 47.5 Å². The summed E-state index contributed by atoms with van der Waals surface area (Å²) in [7, 11) is 0. The van der Waals surface area contributed by atoms with E-state index in [1.807, 2.05) is 24.3 Å². The van der Waals surface area contributed by atoms with E-state index in [1.165, 1.54) is 6.26 Å². The highest BCUT2D eigenvalue weighted by Gasteiger charge is 2.23. The van der Waals surface area contributed by atoms with Crippen LogP contribution in [0.5, 0.6) is 5.75 Å². The third-order valence-corrected chi connectivity index (χ3v) is 4.81. The van der Waals surface area contributed by atoms with Gasteiger partial charge in [0.25, 0.3) is 5.91 Å². The van der Waals surface area contributed by atoms with Gasteiger partial charge in [-0.1, -0.05) is 12.1 Å². The van der Waals surface area contributed by atoms with Crippen LogP contribution in [0, 0.1) is 0 Å². The molecule has 1 aliphatic rings. The van der Waals surface area contributed by atoms with E-state index in [0.717, 1.165) is 33.5 Å². The lowest BCUT2D eigenvalue weighted by Gasteiger charge is -2.18. The second-order valence-electron chi connectivity index (χ2n) is 6.51. The lowest BCUT2D eigenvalue weighted by Crippen LogP contribution is -2.32. The van der Waals surface area contributed by atoms with E-state index in [2.05, 4.69) is 22.1 Å². The fourth-order valence-electron chi connectivity index (χ4n) is 3.42. The molecule has 134 valence electrons. The number of aromatic amines is 1. The average Bonchev–Trinajstić information content (AvgIpc) is 3.34. The first kappa shape index (κ1) is 15.7. The number of amides is 1. The number of aromatic nitrogens is 2. The second kappa shape index (κ2) is 6.32. The van der Waals surface area contributed by atoms with E-state index in [4.69, 9.17) is 9.15 Å². The van der Waals surface area contributed by atoms with Crippen LogP contribution in [0.3, 0.4) is 0 Å². The number of nitrogens with one attached hydrogen (secondary N) is 1. The van der Waals surface area contributed by atoms with Crippen LogP contribution < -0.4 is 4.74 Å². The van der Waals surface area contributed by atoms with Crippen molar-refractivity contribution in [1.29, 1.82) is 0 Å². The van der Waals surface area contributed by atoms with Crippen molar-refractivity contribution in [3.8, 4) is 16.9 Å². The largest absolute Gasteiger partial charge is 0.491 e. The molecule has 5 rings (SSSR count). The first-order valence-corrected chi connectivity index (χ1v) is 8.80. The fraction of sp³-hybridized carbons (Fsp3) is 0.143. The van der Waals surface area contributed by atoms with Crippen LogP contribution in [0.2, 0.25) is 0 Å². The molecule has 0 radical (unpaired) electrons. The monoisotopic (exact) mass is 359 g/mol. The maximum Gasteiger partial charge on any atom is 0.289 e. The highest BCUT2D eigenvalue weighted by atomic mass is 16.5. The summed E-state index contributed by atoms with van der Waals surface area (Å²) >= 11 is 0. The van der Waals surface area contributed by atoms with Crippen molar-refractivity contribution < 1.29 is 13.9 Å². The highest BCUT2D eigenvalue weighted by Crippen LogP contribution is 2.30. The summed E-state index contributed by atoms with van der Waals surface area (Å²) in [6.07, 6.45) is 3.21. The zero-order valence-electron chi connectivity index (χ0n) is 14.5. The maximum absolute atomic E-state index is 12.7. The number of rotatable bonds is 2. The highest BCUT2D eigenvalue weighted by molar-refractivity contribution is 5.91. The van der Waals surface area contributed by atoms with Crippen LogP contribution in [-0.4, -0.2) is 33.9 Å².